The van der Waals surface area contributed by atoms with Crippen LogP contribution in [0.25, 0.3) is 0 Å². The molecule has 0 aromatic heterocycles. The van der Waals surface area contributed by atoms with Crippen molar-refractivity contribution in [2.45, 2.75) is 26.4 Å². The number of hydrogen-bond donors (Lipinski definition) is 1. The lowest BCUT2D eigenvalue weighted by Crippen LogP contribution is -2.23. The number of hydrogen-bond acceptors (Lipinski definition) is 1. The second kappa shape index (κ2) is 8.99. The summed E-state index contributed by atoms with van der Waals surface area (Å²) in [5.41, 5.74) is 3.49. The van der Waals surface area contributed by atoms with Crippen molar-refractivity contribution < 1.29 is 5.11 Å². The molecule has 3 rings (SSSR count). The highest BCUT2D eigenvalue weighted by atomic mass is 16.3. The number of aryl methyl sites for hydroxylation is 2. The van der Waals surface area contributed by atoms with Crippen molar-refractivity contribution in [2.75, 3.05) is 0 Å². The number of aliphatic hydroxyl groups is 1. The molecule has 29 heavy (non-hydrogen) atoms. The van der Waals surface area contributed by atoms with Gasteiger partial charge in [-0.2, -0.15) is 0 Å². The summed E-state index contributed by atoms with van der Waals surface area (Å²) >= 11 is 0. The summed E-state index contributed by atoms with van der Waals surface area (Å²) in [5.74, 6) is 18.2. The van der Waals surface area contributed by atoms with E-state index in [0.717, 1.165) is 27.8 Å². The van der Waals surface area contributed by atoms with Gasteiger partial charge >= 0.3 is 0 Å². The Labute approximate surface area is 173 Å². The Morgan fingerprint density at radius 3 is 1.55 bits per heavy atom. The van der Waals surface area contributed by atoms with E-state index in [1.807, 2.05) is 86.6 Å². The fraction of sp³-hybridized carbons (Fsp3) is 0.143. The quantitative estimate of drug-likeness (QED) is 0.597. The molecule has 0 amide bonds. The highest BCUT2D eigenvalue weighted by Gasteiger charge is 2.27. The van der Waals surface area contributed by atoms with Gasteiger partial charge in [0.1, 0.15) is 0 Å². The maximum Gasteiger partial charge on any atom is 0.215 e. The Kier molecular flexibility index (Phi) is 6.22. The van der Waals surface area contributed by atoms with Gasteiger partial charge in [0.05, 0.1) is 0 Å². The van der Waals surface area contributed by atoms with Crippen LogP contribution in [0, 0.1) is 49.4 Å². The molecule has 1 N–H and O–H groups in total. The lowest BCUT2D eigenvalue weighted by molar-refractivity contribution is 0.164. The predicted octanol–water partition coefficient (Wildman–Crippen LogP) is 4.97. The molecule has 1 nitrogen and oxygen atoms in total. The minimum absolute atomic E-state index is 0.594. The van der Waals surface area contributed by atoms with Gasteiger partial charge < -0.3 is 5.11 Å². The van der Waals surface area contributed by atoms with Gasteiger partial charge in [-0.1, -0.05) is 72.4 Å². The average molecular weight is 374 g/mol. The van der Waals surface area contributed by atoms with Crippen LogP contribution >= 0.6 is 0 Å². The van der Waals surface area contributed by atoms with Crippen LogP contribution in [0.2, 0.25) is 0 Å². The zero-order valence-electron chi connectivity index (χ0n) is 16.9. The minimum Gasteiger partial charge on any atom is -0.363 e. The maximum absolute atomic E-state index is 11.6. The molecule has 0 fully saturated rings. The first-order valence-corrected chi connectivity index (χ1v) is 9.46. The van der Waals surface area contributed by atoms with Gasteiger partial charge in [-0.05, 0) is 61.9 Å². The van der Waals surface area contributed by atoms with E-state index in [2.05, 4.69) is 35.5 Å². The van der Waals surface area contributed by atoms with Crippen LogP contribution in [0.5, 0.6) is 0 Å². The number of benzene rings is 3. The molecule has 0 aliphatic heterocycles. The Morgan fingerprint density at radius 2 is 1.07 bits per heavy atom. The van der Waals surface area contributed by atoms with Gasteiger partial charge in [-0.15, -0.1) is 5.92 Å². The second-order valence-electron chi connectivity index (χ2n) is 6.76. The molecule has 0 spiro atoms. The SMILES string of the molecule is CC#Cc1ccccc1C(O)(C#Cc1ccccc1C)C#Cc1ccccc1C. The minimum atomic E-state index is -1.65. The highest BCUT2D eigenvalue weighted by molar-refractivity contribution is 5.55. The topological polar surface area (TPSA) is 20.2 Å². The molecule has 1 heteroatoms. The third-order valence-corrected chi connectivity index (χ3v) is 4.62. The smallest absolute Gasteiger partial charge is 0.215 e. The molecule has 0 aliphatic rings. The molecule has 0 bridgehead atoms. The Hall–Kier alpha value is -3.70. The Balaban J connectivity index is 2.19. The zero-order valence-corrected chi connectivity index (χ0v) is 16.9. The van der Waals surface area contributed by atoms with E-state index in [1.54, 1.807) is 6.92 Å². The van der Waals surface area contributed by atoms with Crippen LogP contribution in [0.1, 0.15) is 40.3 Å². The van der Waals surface area contributed by atoms with Gasteiger partial charge in [0, 0.05) is 22.3 Å². The number of rotatable bonds is 1. The van der Waals surface area contributed by atoms with Crippen molar-refractivity contribution in [1.29, 1.82) is 0 Å². The third-order valence-electron chi connectivity index (χ3n) is 4.62. The summed E-state index contributed by atoms with van der Waals surface area (Å²) in [6.07, 6.45) is 0. The van der Waals surface area contributed by atoms with Crippen LogP contribution in [0.3, 0.4) is 0 Å². The van der Waals surface area contributed by atoms with E-state index in [0.29, 0.717) is 5.56 Å². The van der Waals surface area contributed by atoms with Crippen molar-refractivity contribution >= 4 is 0 Å². The van der Waals surface area contributed by atoms with E-state index < -0.39 is 5.60 Å². The maximum atomic E-state index is 11.6. The summed E-state index contributed by atoms with van der Waals surface area (Å²) < 4.78 is 0. The molecular weight excluding hydrogens is 352 g/mol. The van der Waals surface area contributed by atoms with Gasteiger partial charge in [0.25, 0.3) is 0 Å². The molecule has 0 saturated carbocycles. The highest BCUT2D eigenvalue weighted by Crippen LogP contribution is 2.24. The predicted molar refractivity (Wildman–Crippen MR) is 119 cm³/mol. The molecule has 3 aromatic carbocycles. The van der Waals surface area contributed by atoms with Crippen LogP contribution in [0.4, 0.5) is 0 Å². The second-order valence-corrected chi connectivity index (χ2v) is 6.76. The van der Waals surface area contributed by atoms with Crippen LogP contribution < -0.4 is 0 Å². The molecule has 0 aliphatic carbocycles. The van der Waals surface area contributed by atoms with E-state index in [-0.39, 0.29) is 0 Å². The largest absolute Gasteiger partial charge is 0.363 e. The van der Waals surface area contributed by atoms with Crippen LogP contribution in [0.15, 0.2) is 72.8 Å². The summed E-state index contributed by atoms with van der Waals surface area (Å²) in [5, 5.41) is 11.6. The first-order valence-electron chi connectivity index (χ1n) is 9.46. The first kappa shape index (κ1) is 20.0. The van der Waals surface area contributed by atoms with Crippen LogP contribution in [-0.4, -0.2) is 5.11 Å². The lowest BCUT2D eigenvalue weighted by atomic mass is 9.89. The first-order chi connectivity index (χ1) is 14.0. The fourth-order valence-electron chi connectivity index (χ4n) is 2.95. The molecule has 0 heterocycles. The fourth-order valence-corrected chi connectivity index (χ4v) is 2.95. The summed E-state index contributed by atoms with van der Waals surface area (Å²) in [6, 6.07) is 23.2. The van der Waals surface area contributed by atoms with Crippen molar-refractivity contribution in [1.82, 2.24) is 0 Å². The van der Waals surface area contributed by atoms with Crippen molar-refractivity contribution in [3.63, 3.8) is 0 Å². The van der Waals surface area contributed by atoms with Gasteiger partial charge in [0.2, 0.25) is 5.60 Å². The molecule has 0 saturated heterocycles. The molecular formula is C28H22O. The molecule has 0 unspecified atom stereocenters. The van der Waals surface area contributed by atoms with Gasteiger partial charge in [-0.3, -0.25) is 0 Å². The van der Waals surface area contributed by atoms with Crippen molar-refractivity contribution in [3.8, 4) is 35.5 Å². The molecule has 3 aromatic rings. The normalized spacial score (nSPS) is 9.93. The van der Waals surface area contributed by atoms with Gasteiger partial charge in [0.15, 0.2) is 0 Å². The third kappa shape index (κ3) is 4.78. The molecule has 0 atom stereocenters. The summed E-state index contributed by atoms with van der Waals surface area (Å²) in [6.45, 7) is 5.77. The Bertz CT molecular complexity index is 1150. The molecule has 0 radical (unpaired) electrons. The van der Waals surface area contributed by atoms with E-state index in [1.165, 1.54) is 0 Å². The van der Waals surface area contributed by atoms with Gasteiger partial charge in [-0.25, -0.2) is 0 Å². The monoisotopic (exact) mass is 374 g/mol. The van der Waals surface area contributed by atoms with E-state index in [9.17, 15) is 5.11 Å². The summed E-state index contributed by atoms with van der Waals surface area (Å²) in [4.78, 5) is 0. The van der Waals surface area contributed by atoms with E-state index in [4.69, 9.17) is 0 Å². The molecule has 140 valence electrons. The van der Waals surface area contributed by atoms with Crippen molar-refractivity contribution in [3.05, 3.63) is 106 Å². The van der Waals surface area contributed by atoms with Crippen LogP contribution in [-0.2, 0) is 5.60 Å². The standard InChI is InChI=1S/C28H22O/c1-4-11-26-16-9-10-17-27(26)28(29,20-18-24-14-7-5-12-22(24)2)21-19-25-15-8-6-13-23(25)3/h5-10,12-17,29H,1-3H3. The summed E-state index contributed by atoms with van der Waals surface area (Å²) in [7, 11) is 0. The average Bonchev–Trinajstić information content (AvgIpc) is 2.73. The Morgan fingerprint density at radius 1 is 0.621 bits per heavy atom. The van der Waals surface area contributed by atoms with E-state index >= 15 is 0 Å². The van der Waals surface area contributed by atoms with Crippen molar-refractivity contribution in [2.24, 2.45) is 0 Å². The zero-order chi connectivity index (χ0) is 20.7. The lowest BCUT2D eigenvalue weighted by Gasteiger charge is -2.18.